The van der Waals surface area contributed by atoms with Gasteiger partial charge in [-0.25, -0.2) is 0 Å². The quantitative estimate of drug-likeness (QED) is 0.148. The normalized spacial score (nSPS) is 18.4. The molecular weight excluding hydrogens is 858 g/mol. The zero-order valence-corrected chi connectivity index (χ0v) is 46.2. The van der Waals surface area contributed by atoms with Crippen LogP contribution in [0.1, 0.15) is 162 Å². The number of allylic oxidation sites excluding steroid dienone is 3. The average molecular weight is 938 g/mol. The summed E-state index contributed by atoms with van der Waals surface area (Å²) in [5.41, 5.74) is 24.0. The molecule has 0 aromatic heterocycles. The highest BCUT2D eigenvalue weighted by atomic mass is 15.2. The molecule has 6 aromatic rings. The SMILES string of the molecule is CB1c2cc3c(cc2N(c2cc4c(cc2C)C(C)(C)CC4(C)C)c2cc(N(c4ccccc4)c4ccccc4)cc(N(C4=CCCC(C(C)(C)C)=C4)c4cccc(C(C)(C)C)c4)c21)C(C)(C)CCC3(C)C. The monoisotopic (exact) mass is 938 g/mol. The first-order valence-corrected chi connectivity index (χ1v) is 26.8. The highest BCUT2D eigenvalue weighted by molar-refractivity contribution is 6.88. The molecular formula is C67H80BN3. The van der Waals surface area contributed by atoms with E-state index in [0.717, 1.165) is 42.7 Å². The van der Waals surface area contributed by atoms with Gasteiger partial charge in [0.2, 0.25) is 6.71 Å². The molecule has 4 heteroatoms. The summed E-state index contributed by atoms with van der Waals surface area (Å²) in [5.74, 6) is 0. The molecule has 71 heavy (non-hydrogen) atoms. The highest BCUT2D eigenvalue weighted by Gasteiger charge is 2.46. The van der Waals surface area contributed by atoms with Crippen LogP contribution in [-0.4, -0.2) is 6.71 Å². The molecule has 0 saturated heterocycles. The van der Waals surface area contributed by atoms with E-state index in [2.05, 4.69) is 259 Å². The topological polar surface area (TPSA) is 9.72 Å². The molecule has 0 spiro atoms. The van der Waals surface area contributed by atoms with Crippen molar-refractivity contribution >= 4 is 63.1 Å². The number of para-hydroxylation sites is 2. The lowest BCUT2D eigenvalue weighted by Gasteiger charge is -2.46. The molecule has 0 atom stereocenters. The molecule has 1 aliphatic heterocycles. The number of rotatable bonds is 7. The fourth-order valence-corrected chi connectivity index (χ4v) is 13.2. The van der Waals surface area contributed by atoms with Crippen molar-refractivity contribution in [3.05, 3.63) is 178 Å². The van der Waals surface area contributed by atoms with E-state index < -0.39 is 0 Å². The Kier molecular flexibility index (Phi) is 11.7. The van der Waals surface area contributed by atoms with Gasteiger partial charge in [0.25, 0.3) is 0 Å². The Morgan fingerprint density at radius 2 is 1.07 bits per heavy atom. The number of anilines is 8. The smallest absolute Gasteiger partial charge is 0.214 e. The van der Waals surface area contributed by atoms with Crippen LogP contribution in [-0.2, 0) is 27.1 Å². The summed E-state index contributed by atoms with van der Waals surface area (Å²) in [6, 6.07) is 47.0. The molecule has 366 valence electrons. The number of benzene rings is 6. The Labute approximate surface area is 429 Å². The van der Waals surface area contributed by atoms with Crippen molar-refractivity contribution in [3.63, 3.8) is 0 Å². The predicted octanol–water partition coefficient (Wildman–Crippen LogP) is 17.9. The van der Waals surface area contributed by atoms with Crippen molar-refractivity contribution in [1.29, 1.82) is 0 Å². The van der Waals surface area contributed by atoms with E-state index >= 15 is 0 Å². The standard InChI is InChI=1S/C67H80BN3/c1-44-35-52-55(67(14,15)43-66(52,12)13)41-57(44)71-58-42-54-53(64(8,9)33-34-65(54,10)11)40-56(58)68(16)61-59(38-51(39-60(61)71)69(47-27-19-17-20-28-47)48-29-21-18-22-30-48)70(49-31-23-25-45(36-49)62(2,3)4)50-32-24-26-46(37-50)63(5,6)7/h17-23,25,27-32,35-42H,24,26,33-34,43H2,1-16H3. The average Bonchev–Trinajstić information content (AvgIpc) is 3.49. The number of nitrogens with zero attached hydrogens (tertiary/aromatic N) is 3. The Morgan fingerprint density at radius 3 is 1.66 bits per heavy atom. The first kappa shape index (κ1) is 48.9. The van der Waals surface area contributed by atoms with E-state index in [9.17, 15) is 0 Å². The second kappa shape index (κ2) is 16.9. The van der Waals surface area contributed by atoms with Crippen molar-refractivity contribution in [2.75, 3.05) is 14.7 Å². The number of hydrogen-bond donors (Lipinski definition) is 0. The molecule has 0 amide bonds. The van der Waals surface area contributed by atoms with E-state index in [-0.39, 0.29) is 39.2 Å². The Hall–Kier alpha value is -5.74. The molecule has 10 rings (SSSR count). The maximum absolute atomic E-state index is 2.73. The lowest BCUT2D eigenvalue weighted by atomic mass is 9.39. The van der Waals surface area contributed by atoms with Gasteiger partial charge in [0.1, 0.15) is 0 Å². The van der Waals surface area contributed by atoms with Crippen LogP contribution >= 0.6 is 0 Å². The van der Waals surface area contributed by atoms with Crippen LogP contribution < -0.4 is 25.6 Å². The van der Waals surface area contributed by atoms with Crippen molar-refractivity contribution in [3.8, 4) is 0 Å². The summed E-state index contributed by atoms with van der Waals surface area (Å²) >= 11 is 0. The third-order valence-corrected chi connectivity index (χ3v) is 17.2. The molecule has 3 aliphatic carbocycles. The minimum atomic E-state index is -0.0378. The van der Waals surface area contributed by atoms with Crippen LogP contribution in [0.3, 0.4) is 0 Å². The summed E-state index contributed by atoms with van der Waals surface area (Å²) in [6.45, 7) is 38.9. The maximum Gasteiger partial charge on any atom is 0.214 e. The van der Waals surface area contributed by atoms with Crippen molar-refractivity contribution in [2.45, 2.75) is 170 Å². The van der Waals surface area contributed by atoms with E-state index in [1.807, 2.05) is 0 Å². The molecule has 1 heterocycles. The van der Waals surface area contributed by atoms with Gasteiger partial charge in [-0.2, -0.15) is 0 Å². The van der Waals surface area contributed by atoms with Gasteiger partial charge in [-0.15, -0.1) is 0 Å². The van der Waals surface area contributed by atoms with Crippen LogP contribution in [0.2, 0.25) is 6.82 Å². The van der Waals surface area contributed by atoms with E-state index in [1.54, 1.807) is 0 Å². The van der Waals surface area contributed by atoms with Crippen molar-refractivity contribution < 1.29 is 0 Å². The Balaban J connectivity index is 1.38. The molecule has 0 unspecified atom stereocenters. The summed E-state index contributed by atoms with van der Waals surface area (Å²) < 4.78 is 0. The summed E-state index contributed by atoms with van der Waals surface area (Å²) in [5, 5.41) is 0. The first-order valence-electron chi connectivity index (χ1n) is 26.8. The minimum absolute atomic E-state index is 0.0295. The summed E-state index contributed by atoms with van der Waals surface area (Å²) in [7, 11) is 0. The van der Waals surface area contributed by atoms with Crippen LogP contribution in [0.4, 0.5) is 45.5 Å². The fourth-order valence-electron chi connectivity index (χ4n) is 13.2. The third kappa shape index (κ3) is 8.49. The fraction of sp³-hybridized carbons (Fsp3) is 0.403. The number of hydrogen-bond acceptors (Lipinski definition) is 3. The van der Waals surface area contributed by atoms with E-state index in [0.29, 0.717) is 0 Å². The largest absolute Gasteiger partial charge is 0.311 e. The Morgan fingerprint density at radius 1 is 0.521 bits per heavy atom. The third-order valence-electron chi connectivity index (χ3n) is 17.2. The molecule has 4 aliphatic rings. The molecule has 0 bridgehead atoms. The number of aryl methyl sites for hydroxylation is 1. The van der Waals surface area contributed by atoms with Gasteiger partial charge in [-0.05, 0) is 177 Å². The van der Waals surface area contributed by atoms with Gasteiger partial charge >= 0.3 is 0 Å². The molecule has 0 saturated carbocycles. The van der Waals surface area contributed by atoms with Crippen molar-refractivity contribution in [2.24, 2.45) is 5.41 Å². The molecule has 0 fully saturated rings. The molecule has 0 N–H and O–H groups in total. The van der Waals surface area contributed by atoms with Crippen LogP contribution in [0.25, 0.3) is 0 Å². The maximum atomic E-state index is 2.73. The van der Waals surface area contributed by atoms with Crippen LogP contribution in [0.15, 0.2) is 145 Å². The van der Waals surface area contributed by atoms with Gasteiger partial charge in [0, 0.05) is 45.5 Å². The van der Waals surface area contributed by atoms with Crippen LogP contribution in [0, 0.1) is 12.3 Å². The van der Waals surface area contributed by atoms with Gasteiger partial charge in [-0.1, -0.05) is 182 Å². The van der Waals surface area contributed by atoms with E-state index in [1.165, 1.54) is 90.4 Å². The van der Waals surface area contributed by atoms with Gasteiger partial charge in [0.15, 0.2) is 0 Å². The lowest BCUT2D eigenvalue weighted by Crippen LogP contribution is -2.51. The number of fused-ring (bicyclic) bond motifs is 4. The van der Waals surface area contributed by atoms with Gasteiger partial charge < -0.3 is 14.7 Å². The zero-order valence-electron chi connectivity index (χ0n) is 46.2. The molecule has 3 nitrogen and oxygen atoms in total. The van der Waals surface area contributed by atoms with E-state index in [4.69, 9.17) is 0 Å². The molecule has 6 aromatic carbocycles. The highest BCUT2D eigenvalue weighted by Crippen LogP contribution is 2.55. The zero-order chi connectivity index (χ0) is 50.8. The minimum Gasteiger partial charge on any atom is -0.311 e. The second-order valence-electron chi connectivity index (χ2n) is 26.5. The van der Waals surface area contributed by atoms with Crippen LogP contribution in [0.5, 0.6) is 0 Å². The van der Waals surface area contributed by atoms with Gasteiger partial charge in [-0.3, -0.25) is 0 Å². The molecule has 0 radical (unpaired) electrons. The first-order chi connectivity index (χ1) is 33.3. The predicted molar refractivity (Wildman–Crippen MR) is 310 cm³/mol. The summed E-state index contributed by atoms with van der Waals surface area (Å²) in [6.07, 6.45) is 10.6. The Bertz CT molecular complexity index is 3070. The summed E-state index contributed by atoms with van der Waals surface area (Å²) in [4.78, 5) is 7.87. The lowest BCUT2D eigenvalue weighted by molar-refractivity contribution is 0.332. The second-order valence-corrected chi connectivity index (χ2v) is 26.5. The van der Waals surface area contributed by atoms with Gasteiger partial charge in [0.05, 0.1) is 5.69 Å². The van der Waals surface area contributed by atoms with Crippen molar-refractivity contribution in [1.82, 2.24) is 0 Å².